The van der Waals surface area contributed by atoms with E-state index in [1.165, 1.54) is 12.1 Å². The molecule has 0 radical (unpaired) electrons. The smallest absolute Gasteiger partial charge is 0.393 e. The highest BCUT2D eigenvalue weighted by Crippen LogP contribution is 2.25. The summed E-state index contributed by atoms with van der Waals surface area (Å²) in [6.45, 7) is 0. The zero-order valence-corrected chi connectivity index (χ0v) is 7.14. The standard InChI is InChI=1S/C7H9N5O2/c8-3-1-2-4-6(5(3)9)12(14)7(10)11(4)13/h1-2,13H,8-10H2. The summed E-state index contributed by atoms with van der Waals surface area (Å²) in [5.74, 6) is -0.350. The van der Waals surface area contributed by atoms with Crippen molar-refractivity contribution < 1.29 is 9.94 Å². The van der Waals surface area contributed by atoms with Crippen LogP contribution in [0, 0.1) is 5.21 Å². The molecule has 74 valence electrons. The minimum Gasteiger partial charge on any atom is -0.740 e. The molecule has 0 aliphatic rings. The van der Waals surface area contributed by atoms with Crippen LogP contribution in [0.4, 0.5) is 17.3 Å². The lowest BCUT2D eigenvalue weighted by Crippen LogP contribution is -2.30. The van der Waals surface area contributed by atoms with Crippen molar-refractivity contribution in [3.8, 4) is 0 Å². The summed E-state index contributed by atoms with van der Waals surface area (Å²) >= 11 is 0. The Kier molecular flexibility index (Phi) is 1.39. The minimum atomic E-state index is -0.350. The van der Waals surface area contributed by atoms with Crippen LogP contribution in [0.15, 0.2) is 12.1 Å². The van der Waals surface area contributed by atoms with E-state index in [0.29, 0.717) is 9.46 Å². The fourth-order valence-corrected chi connectivity index (χ4v) is 1.32. The van der Waals surface area contributed by atoms with Gasteiger partial charge in [0.15, 0.2) is 11.0 Å². The molecule has 1 heterocycles. The molecule has 0 bridgehead atoms. The summed E-state index contributed by atoms with van der Waals surface area (Å²) in [6, 6.07) is 2.95. The Morgan fingerprint density at radius 2 is 1.93 bits per heavy atom. The third-order valence-corrected chi connectivity index (χ3v) is 2.09. The molecule has 7 heteroatoms. The van der Waals surface area contributed by atoms with Gasteiger partial charge in [-0.25, -0.2) is 4.73 Å². The number of fused-ring (bicyclic) bond motifs is 1. The van der Waals surface area contributed by atoms with Gasteiger partial charge in [0.05, 0.1) is 11.4 Å². The van der Waals surface area contributed by atoms with Crippen molar-refractivity contribution in [2.45, 2.75) is 0 Å². The summed E-state index contributed by atoms with van der Waals surface area (Å²) < 4.78 is 0.902. The highest BCUT2D eigenvalue weighted by Gasteiger charge is 2.19. The lowest BCUT2D eigenvalue weighted by atomic mass is 10.2. The zero-order valence-electron chi connectivity index (χ0n) is 7.14. The maximum atomic E-state index is 11.4. The highest BCUT2D eigenvalue weighted by atomic mass is 16.5. The van der Waals surface area contributed by atoms with Crippen LogP contribution in [0.3, 0.4) is 0 Å². The SMILES string of the molecule is Nc1ccc2c(c1N)[n+]([O-])c(N)n2O. The Bertz CT molecular complexity index is 519. The largest absolute Gasteiger partial charge is 0.740 e. The van der Waals surface area contributed by atoms with Crippen molar-refractivity contribution in [3.63, 3.8) is 0 Å². The van der Waals surface area contributed by atoms with Gasteiger partial charge in [0.1, 0.15) is 0 Å². The number of nitrogens with zero attached hydrogens (tertiary/aromatic N) is 2. The first-order valence-corrected chi connectivity index (χ1v) is 3.80. The van der Waals surface area contributed by atoms with E-state index in [1.54, 1.807) is 0 Å². The molecule has 0 atom stereocenters. The summed E-state index contributed by atoms with van der Waals surface area (Å²) in [4.78, 5) is 0. The lowest BCUT2D eigenvalue weighted by Gasteiger charge is -2.04. The molecule has 2 aromatic rings. The Morgan fingerprint density at radius 3 is 2.57 bits per heavy atom. The number of nitrogen functional groups attached to an aromatic ring is 3. The Balaban J connectivity index is 3.03. The molecule has 0 saturated carbocycles. The summed E-state index contributed by atoms with van der Waals surface area (Å²) in [6.07, 6.45) is 0. The number of aromatic nitrogens is 2. The zero-order chi connectivity index (χ0) is 10.5. The van der Waals surface area contributed by atoms with E-state index >= 15 is 0 Å². The molecule has 1 aromatic carbocycles. The van der Waals surface area contributed by atoms with E-state index < -0.39 is 0 Å². The van der Waals surface area contributed by atoms with E-state index in [0.717, 1.165) is 0 Å². The van der Waals surface area contributed by atoms with Crippen LogP contribution in [0.5, 0.6) is 0 Å². The maximum Gasteiger partial charge on any atom is 0.393 e. The molecule has 7 N–H and O–H groups in total. The second-order valence-corrected chi connectivity index (χ2v) is 2.90. The van der Waals surface area contributed by atoms with Gasteiger partial charge in [-0.3, -0.25) is 5.73 Å². The number of imidazole rings is 1. The number of benzene rings is 1. The van der Waals surface area contributed by atoms with Crippen molar-refractivity contribution in [1.29, 1.82) is 0 Å². The van der Waals surface area contributed by atoms with Gasteiger partial charge in [-0.2, -0.15) is 0 Å². The van der Waals surface area contributed by atoms with E-state index in [9.17, 15) is 10.4 Å². The number of hydrogen-bond donors (Lipinski definition) is 4. The second kappa shape index (κ2) is 2.34. The average Bonchev–Trinajstić information content (AvgIpc) is 2.38. The number of hydrogen-bond acceptors (Lipinski definition) is 5. The van der Waals surface area contributed by atoms with Crippen LogP contribution in [-0.4, -0.2) is 9.94 Å². The summed E-state index contributed by atoms with van der Waals surface area (Å²) in [5, 5.41) is 20.8. The van der Waals surface area contributed by atoms with Crippen LogP contribution in [0.1, 0.15) is 0 Å². The van der Waals surface area contributed by atoms with Crippen LogP contribution >= 0.6 is 0 Å². The number of rotatable bonds is 0. The van der Waals surface area contributed by atoms with Gasteiger partial charge in [-0.15, -0.1) is 0 Å². The molecule has 0 aliphatic carbocycles. The topological polar surface area (TPSA) is 130 Å². The molecule has 7 nitrogen and oxygen atoms in total. The molecular weight excluding hydrogens is 186 g/mol. The molecule has 0 fully saturated rings. The minimum absolute atomic E-state index is 0.0741. The van der Waals surface area contributed by atoms with Gasteiger partial charge in [0.2, 0.25) is 0 Å². The summed E-state index contributed by atoms with van der Waals surface area (Å²) in [7, 11) is 0. The fourth-order valence-electron chi connectivity index (χ4n) is 1.32. The van der Waals surface area contributed by atoms with E-state index in [1.807, 2.05) is 0 Å². The number of anilines is 3. The first-order chi connectivity index (χ1) is 6.54. The number of nitrogens with two attached hydrogens (primary N) is 3. The van der Waals surface area contributed by atoms with Crippen LogP contribution < -0.4 is 21.9 Å². The van der Waals surface area contributed by atoms with Gasteiger partial charge < -0.3 is 21.9 Å². The van der Waals surface area contributed by atoms with E-state index in [4.69, 9.17) is 17.2 Å². The Labute approximate surface area is 78.5 Å². The van der Waals surface area contributed by atoms with Crippen LogP contribution in [-0.2, 0) is 0 Å². The molecule has 1 aromatic heterocycles. The van der Waals surface area contributed by atoms with E-state index in [-0.39, 0.29) is 28.4 Å². The average molecular weight is 195 g/mol. The Morgan fingerprint density at radius 1 is 1.29 bits per heavy atom. The molecule has 2 rings (SSSR count). The molecule has 14 heavy (non-hydrogen) atoms. The third kappa shape index (κ3) is 0.777. The van der Waals surface area contributed by atoms with E-state index in [2.05, 4.69) is 0 Å². The van der Waals surface area contributed by atoms with Gasteiger partial charge in [0, 0.05) is 0 Å². The van der Waals surface area contributed by atoms with Crippen molar-refractivity contribution in [1.82, 2.24) is 4.73 Å². The maximum absolute atomic E-state index is 11.4. The quantitative estimate of drug-likeness (QED) is 0.190. The lowest BCUT2D eigenvalue weighted by molar-refractivity contribution is -0.562. The van der Waals surface area contributed by atoms with Gasteiger partial charge >= 0.3 is 5.95 Å². The highest BCUT2D eigenvalue weighted by molar-refractivity contribution is 5.92. The monoisotopic (exact) mass is 195 g/mol. The van der Waals surface area contributed by atoms with Gasteiger partial charge in [-0.05, 0) is 12.1 Å². The predicted octanol–water partition coefficient (Wildman–Crippen LogP) is -0.741. The molecule has 0 aliphatic heterocycles. The summed E-state index contributed by atoms with van der Waals surface area (Å²) in [5.41, 5.74) is 17.1. The normalized spacial score (nSPS) is 10.9. The van der Waals surface area contributed by atoms with Crippen LogP contribution in [0.25, 0.3) is 11.0 Å². The van der Waals surface area contributed by atoms with Crippen LogP contribution in [0.2, 0.25) is 0 Å². The van der Waals surface area contributed by atoms with Crippen molar-refractivity contribution in [2.24, 2.45) is 0 Å². The first kappa shape index (κ1) is 8.30. The molecule has 0 spiro atoms. The second-order valence-electron chi connectivity index (χ2n) is 2.90. The fraction of sp³-hybridized carbons (Fsp3) is 0. The Hall–Kier alpha value is -2.31. The third-order valence-electron chi connectivity index (χ3n) is 2.09. The van der Waals surface area contributed by atoms with Crippen molar-refractivity contribution >= 4 is 28.4 Å². The van der Waals surface area contributed by atoms with Crippen molar-refractivity contribution in [2.75, 3.05) is 17.2 Å². The predicted molar refractivity (Wildman–Crippen MR) is 51.3 cm³/mol. The molecule has 0 saturated heterocycles. The molecular formula is C7H9N5O2. The van der Waals surface area contributed by atoms with Crippen molar-refractivity contribution in [3.05, 3.63) is 17.3 Å². The van der Waals surface area contributed by atoms with Gasteiger partial charge in [-0.1, -0.05) is 4.73 Å². The first-order valence-electron chi connectivity index (χ1n) is 3.80. The molecule has 0 amide bonds. The van der Waals surface area contributed by atoms with Gasteiger partial charge in [0.25, 0.3) is 0 Å². The molecule has 0 unspecified atom stereocenters.